The van der Waals surface area contributed by atoms with E-state index < -0.39 is 6.10 Å². The number of hydrogen-bond donors (Lipinski definition) is 1. The van der Waals surface area contributed by atoms with E-state index in [2.05, 4.69) is 47.4 Å². The van der Waals surface area contributed by atoms with Crippen molar-refractivity contribution in [3.63, 3.8) is 0 Å². The molecule has 7 heteroatoms. The number of piperidine rings is 1. The molecule has 0 aliphatic carbocycles. The first-order chi connectivity index (χ1) is 18.6. The van der Waals surface area contributed by atoms with Gasteiger partial charge in [-0.1, -0.05) is 54.6 Å². The average Bonchev–Trinajstić information content (AvgIpc) is 3.41. The largest absolute Gasteiger partial charge is 0.487 e. The lowest BCUT2D eigenvalue weighted by Crippen LogP contribution is -2.40. The monoisotopic (exact) mass is 514 g/mol. The van der Waals surface area contributed by atoms with E-state index in [1.54, 1.807) is 11.0 Å². The number of benzene rings is 3. The number of amides is 1. The summed E-state index contributed by atoms with van der Waals surface area (Å²) in [6.07, 6.45) is 1.54. The third kappa shape index (κ3) is 5.41. The summed E-state index contributed by atoms with van der Waals surface area (Å²) in [5, 5.41) is 14.1. The molecule has 1 N–H and O–H groups in total. The van der Waals surface area contributed by atoms with Crippen LogP contribution in [0.15, 0.2) is 71.1 Å². The zero-order chi connectivity index (χ0) is 25.9. The van der Waals surface area contributed by atoms with Crippen LogP contribution in [0.4, 0.5) is 0 Å². The Morgan fingerprint density at radius 2 is 1.68 bits per heavy atom. The van der Waals surface area contributed by atoms with Crippen LogP contribution >= 0.6 is 0 Å². The van der Waals surface area contributed by atoms with Crippen LogP contribution in [0, 0.1) is 0 Å². The molecular formula is C31H34N2O5. The normalized spacial score (nSPS) is 18.2. The van der Waals surface area contributed by atoms with Gasteiger partial charge in [0, 0.05) is 25.0 Å². The fourth-order valence-corrected chi connectivity index (χ4v) is 5.63. The van der Waals surface area contributed by atoms with Gasteiger partial charge in [0.15, 0.2) is 17.1 Å². The van der Waals surface area contributed by atoms with Crippen LogP contribution in [-0.4, -0.2) is 79.5 Å². The van der Waals surface area contributed by atoms with Crippen molar-refractivity contribution < 1.29 is 23.8 Å². The molecule has 2 fully saturated rings. The molecule has 38 heavy (non-hydrogen) atoms. The third-order valence-corrected chi connectivity index (χ3v) is 7.75. The van der Waals surface area contributed by atoms with Crippen LogP contribution in [0.5, 0.6) is 5.75 Å². The molecule has 0 bridgehead atoms. The SMILES string of the molecule is O=C(c1cc2cccc(OC[C@@H](O)CN3CCC(c4ccc5ccccc5c4)CC3)c2o1)N1CCOCC1. The first kappa shape index (κ1) is 24.9. The van der Waals surface area contributed by atoms with Gasteiger partial charge < -0.3 is 28.8 Å². The summed E-state index contributed by atoms with van der Waals surface area (Å²) in [4.78, 5) is 16.9. The molecule has 2 aliphatic heterocycles. The van der Waals surface area contributed by atoms with E-state index in [1.165, 1.54) is 16.3 Å². The minimum absolute atomic E-state index is 0.137. The smallest absolute Gasteiger partial charge is 0.289 e. The Hall–Kier alpha value is -3.39. The first-order valence-electron chi connectivity index (χ1n) is 13.6. The van der Waals surface area contributed by atoms with E-state index in [4.69, 9.17) is 13.9 Å². The van der Waals surface area contributed by atoms with E-state index in [0.717, 1.165) is 31.3 Å². The predicted octanol–water partition coefficient (Wildman–Crippen LogP) is 4.68. The van der Waals surface area contributed by atoms with Crippen LogP contribution in [0.3, 0.4) is 0 Å². The maximum Gasteiger partial charge on any atom is 0.289 e. The Kier molecular flexibility index (Phi) is 7.31. The van der Waals surface area contributed by atoms with Crippen LogP contribution < -0.4 is 4.74 Å². The molecular weight excluding hydrogens is 480 g/mol. The van der Waals surface area contributed by atoms with Gasteiger partial charge in [-0.2, -0.15) is 0 Å². The summed E-state index contributed by atoms with van der Waals surface area (Å²) in [6, 6.07) is 22.7. The number of furan rings is 1. The van der Waals surface area contributed by atoms with E-state index in [1.807, 2.05) is 18.2 Å². The number of morpholine rings is 1. The summed E-state index contributed by atoms with van der Waals surface area (Å²) in [5.41, 5.74) is 1.94. The highest BCUT2D eigenvalue weighted by atomic mass is 16.5. The van der Waals surface area contributed by atoms with Gasteiger partial charge in [-0.25, -0.2) is 0 Å². The molecule has 3 heterocycles. The second kappa shape index (κ2) is 11.2. The molecule has 1 amide bonds. The number of aliphatic hydroxyl groups is 1. The van der Waals surface area contributed by atoms with Gasteiger partial charge in [0.2, 0.25) is 0 Å². The number of aliphatic hydroxyl groups excluding tert-OH is 1. The fraction of sp³-hybridized carbons (Fsp3) is 0.387. The first-order valence-corrected chi connectivity index (χ1v) is 13.6. The molecule has 0 spiro atoms. The quantitative estimate of drug-likeness (QED) is 0.386. The van der Waals surface area contributed by atoms with Crippen molar-refractivity contribution in [2.75, 3.05) is 52.5 Å². The van der Waals surface area contributed by atoms with Gasteiger partial charge in [0.1, 0.15) is 12.7 Å². The van der Waals surface area contributed by atoms with Gasteiger partial charge >= 0.3 is 0 Å². The average molecular weight is 515 g/mol. The van der Waals surface area contributed by atoms with E-state index in [-0.39, 0.29) is 12.5 Å². The van der Waals surface area contributed by atoms with Crippen LogP contribution in [-0.2, 0) is 4.74 Å². The summed E-state index contributed by atoms with van der Waals surface area (Å²) in [7, 11) is 0. The number of rotatable bonds is 7. The van der Waals surface area contributed by atoms with E-state index >= 15 is 0 Å². The summed E-state index contributed by atoms with van der Waals surface area (Å²) >= 11 is 0. The van der Waals surface area contributed by atoms with Gasteiger partial charge in [0.05, 0.1) is 13.2 Å². The van der Waals surface area contributed by atoms with E-state index in [9.17, 15) is 9.90 Å². The summed E-state index contributed by atoms with van der Waals surface area (Å²) in [6.45, 7) is 4.84. The number of ether oxygens (including phenoxy) is 2. The van der Waals surface area contributed by atoms with Crippen molar-refractivity contribution in [3.05, 3.63) is 78.1 Å². The zero-order valence-electron chi connectivity index (χ0n) is 21.6. The van der Waals surface area contributed by atoms with Crippen molar-refractivity contribution in [2.45, 2.75) is 24.9 Å². The second-order valence-corrected chi connectivity index (χ2v) is 10.3. The maximum atomic E-state index is 12.8. The van der Waals surface area contributed by atoms with Crippen LogP contribution in [0.2, 0.25) is 0 Å². The van der Waals surface area contributed by atoms with Crippen molar-refractivity contribution in [2.24, 2.45) is 0 Å². The van der Waals surface area contributed by atoms with Gasteiger partial charge in [-0.3, -0.25) is 4.79 Å². The third-order valence-electron chi connectivity index (χ3n) is 7.75. The van der Waals surface area contributed by atoms with Crippen molar-refractivity contribution in [1.82, 2.24) is 9.80 Å². The highest BCUT2D eigenvalue weighted by Crippen LogP contribution is 2.31. The standard InChI is InChI=1S/C31H34N2O5/c34-27(20-32-12-10-23(11-13-32)25-9-8-22-4-1-2-5-24(22)18-25)21-37-28-7-3-6-26-19-29(38-30(26)28)31(35)33-14-16-36-17-15-33/h1-9,18-19,23,27,34H,10-17,20-21H2/t27-/m0/s1. The second-order valence-electron chi connectivity index (χ2n) is 10.3. The Balaban J connectivity index is 1.02. The number of fused-ring (bicyclic) bond motifs is 2. The molecule has 2 aliphatic rings. The number of β-amino-alcohol motifs (C(OH)–C–C–N with tert-alkyl or cyclic N) is 1. The predicted molar refractivity (Wildman–Crippen MR) is 147 cm³/mol. The topological polar surface area (TPSA) is 75.4 Å². The number of carbonyl (C=O) groups is 1. The zero-order valence-corrected chi connectivity index (χ0v) is 21.6. The Labute approximate surface area is 222 Å². The minimum atomic E-state index is -0.619. The molecule has 7 nitrogen and oxygen atoms in total. The molecule has 1 atom stereocenters. The molecule has 198 valence electrons. The Morgan fingerprint density at radius 3 is 2.50 bits per heavy atom. The van der Waals surface area contributed by atoms with Crippen LogP contribution in [0.25, 0.3) is 21.7 Å². The molecule has 0 saturated carbocycles. The van der Waals surface area contributed by atoms with Gasteiger partial charge in [-0.15, -0.1) is 0 Å². The lowest BCUT2D eigenvalue weighted by atomic mass is 9.88. The lowest BCUT2D eigenvalue weighted by Gasteiger charge is -2.33. The van der Waals surface area contributed by atoms with Gasteiger partial charge in [0.25, 0.3) is 5.91 Å². The molecule has 4 aromatic rings. The van der Waals surface area contributed by atoms with Gasteiger partial charge in [-0.05, 0) is 60.3 Å². The molecule has 2 saturated heterocycles. The maximum absolute atomic E-state index is 12.8. The summed E-state index contributed by atoms with van der Waals surface area (Å²) < 4.78 is 17.2. The summed E-state index contributed by atoms with van der Waals surface area (Å²) in [5.74, 6) is 1.25. The van der Waals surface area contributed by atoms with Crippen molar-refractivity contribution in [1.29, 1.82) is 0 Å². The van der Waals surface area contributed by atoms with Crippen LogP contribution in [0.1, 0.15) is 34.9 Å². The Morgan fingerprint density at radius 1 is 0.921 bits per heavy atom. The minimum Gasteiger partial charge on any atom is -0.487 e. The number of likely N-dealkylation sites (tertiary alicyclic amines) is 1. The van der Waals surface area contributed by atoms with Crippen molar-refractivity contribution in [3.8, 4) is 5.75 Å². The number of para-hydroxylation sites is 1. The number of nitrogens with zero attached hydrogens (tertiary/aromatic N) is 2. The number of carbonyl (C=O) groups excluding carboxylic acids is 1. The molecule has 0 unspecified atom stereocenters. The molecule has 1 aromatic heterocycles. The molecule has 6 rings (SSSR count). The van der Waals surface area contributed by atoms with E-state index in [0.29, 0.717) is 55.9 Å². The number of hydrogen-bond acceptors (Lipinski definition) is 6. The molecule has 0 radical (unpaired) electrons. The highest BCUT2D eigenvalue weighted by Gasteiger charge is 2.24. The van der Waals surface area contributed by atoms with Crippen molar-refractivity contribution >= 4 is 27.6 Å². The lowest BCUT2D eigenvalue weighted by molar-refractivity contribution is 0.0284. The molecule has 3 aromatic carbocycles. The fourth-order valence-electron chi connectivity index (χ4n) is 5.63. The Bertz CT molecular complexity index is 1400. The highest BCUT2D eigenvalue weighted by molar-refractivity contribution is 5.97.